The number of benzene rings is 2. The molecule has 220 valence electrons. The fourth-order valence-electron chi connectivity index (χ4n) is 4.89. The summed E-state index contributed by atoms with van der Waals surface area (Å²) in [7, 11) is -4.19. The number of ether oxygens (including phenoxy) is 1. The highest BCUT2D eigenvalue weighted by Crippen LogP contribution is 2.34. The van der Waals surface area contributed by atoms with Crippen LogP contribution in [0.15, 0.2) is 77.8 Å². The minimum Gasteiger partial charge on any atom is -0.379 e. The Morgan fingerprint density at radius 3 is 2.52 bits per heavy atom. The molecule has 4 aromatic rings. The second kappa shape index (κ2) is 13.1. The van der Waals surface area contributed by atoms with E-state index in [0.29, 0.717) is 24.5 Å². The van der Waals surface area contributed by atoms with Crippen LogP contribution in [0.1, 0.15) is 27.7 Å². The molecule has 1 aliphatic heterocycles. The topological polar surface area (TPSA) is 101 Å². The number of nitrogens with zero attached hydrogens (tertiary/aromatic N) is 2. The number of amides is 2. The summed E-state index contributed by atoms with van der Waals surface area (Å²) < 4.78 is 61.6. The maximum atomic E-state index is 14.1. The first-order valence-electron chi connectivity index (χ1n) is 13.4. The number of sulfonamides is 1. The zero-order valence-corrected chi connectivity index (χ0v) is 24.5. The van der Waals surface area contributed by atoms with Crippen molar-refractivity contribution in [2.24, 2.45) is 0 Å². The summed E-state index contributed by atoms with van der Waals surface area (Å²) >= 11 is 1.58. The van der Waals surface area contributed by atoms with E-state index >= 15 is 0 Å². The van der Waals surface area contributed by atoms with E-state index in [1.54, 1.807) is 48.7 Å². The number of nitrogens with one attached hydrogen (secondary N) is 2. The van der Waals surface area contributed by atoms with E-state index in [1.807, 2.05) is 18.2 Å². The lowest BCUT2D eigenvalue weighted by Crippen LogP contribution is -2.42. The Balaban J connectivity index is 1.44. The summed E-state index contributed by atoms with van der Waals surface area (Å²) in [6.07, 6.45) is 1.52. The number of aromatic nitrogens is 1. The SMILES string of the molecule is Cc1ccccc1S(=O)(=O)NC(=O)NC(Cc1cc(F)cc(F)c1)c1ncccc1-c1ccc(CN2CCOCC2)s1. The fourth-order valence-corrected chi connectivity index (χ4v) is 7.14. The minimum absolute atomic E-state index is 0.0335. The molecular formula is C30H30F2N4O4S2. The first-order chi connectivity index (χ1) is 20.2. The van der Waals surface area contributed by atoms with E-state index in [-0.39, 0.29) is 16.9 Å². The van der Waals surface area contributed by atoms with Crippen LogP contribution in [0, 0.1) is 18.6 Å². The zero-order chi connectivity index (χ0) is 29.7. The summed E-state index contributed by atoms with van der Waals surface area (Å²) in [4.78, 5) is 22.0. The van der Waals surface area contributed by atoms with Crippen LogP contribution in [0.5, 0.6) is 0 Å². The van der Waals surface area contributed by atoms with Crippen molar-refractivity contribution in [1.82, 2.24) is 19.9 Å². The molecule has 0 aliphatic carbocycles. The van der Waals surface area contributed by atoms with Crippen LogP contribution in [-0.4, -0.2) is 50.6 Å². The Morgan fingerprint density at radius 2 is 1.79 bits per heavy atom. The largest absolute Gasteiger partial charge is 0.379 e. The van der Waals surface area contributed by atoms with Crippen molar-refractivity contribution in [3.8, 4) is 10.4 Å². The molecule has 0 spiro atoms. The lowest BCUT2D eigenvalue weighted by atomic mass is 9.98. The monoisotopic (exact) mass is 612 g/mol. The second-order valence-corrected chi connectivity index (χ2v) is 12.8. The molecule has 42 heavy (non-hydrogen) atoms. The van der Waals surface area contributed by atoms with Crippen molar-refractivity contribution in [3.05, 3.63) is 106 Å². The van der Waals surface area contributed by atoms with E-state index in [4.69, 9.17) is 4.74 Å². The Labute approximate surface area is 247 Å². The van der Waals surface area contributed by atoms with Crippen LogP contribution in [-0.2, 0) is 27.7 Å². The molecule has 8 nitrogen and oxygen atoms in total. The lowest BCUT2D eigenvalue weighted by Gasteiger charge is -2.25. The van der Waals surface area contributed by atoms with Gasteiger partial charge in [0.05, 0.1) is 29.8 Å². The number of rotatable bonds is 9. The van der Waals surface area contributed by atoms with Crippen molar-refractivity contribution in [2.45, 2.75) is 30.8 Å². The van der Waals surface area contributed by atoms with Gasteiger partial charge < -0.3 is 10.1 Å². The third-order valence-electron chi connectivity index (χ3n) is 6.86. The van der Waals surface area contributed by atoms with E-state index in [9.17, 15) is 22.0 Å². The maximum absolute atomic E-state index is 14.1. The molecule has 1 atom stereocenters. The van der Waals surface area contributed by atoms with Crippen LogP contribution in [0.3, 0.4) is 0 Å². The molecule has 1 fully saturated rings. The summed E-state index contributed by atoms with van der Waals surface area (Å²) in [5, 5.41) is 2.69. The standard InChI is InChI=1S/C30H30F2N4O4S2/c1-20-5-2-3-7-28(20)42(38,39)35-30(37)34-26(17-21-15-22(31)18-23(32)16-21)29-25(6-4-10-33-29)27-9-8-24(41-27)19-36-11-13-40-14-12-36/h2-10,15-16,18,26H,11-14,17,19H2,1H3,(H2,34,35,37). The van der Waals surface area contributed by atoms with Crippen LogP contribution in [0.2, 0.25) is 0 Å². The number of carbonyl (C=O) groups is 1. The van der Waals surface area contributed by atoms with Gasteiger partial charge in [-0.15, -0.1) is 11.3 Å². The summed E-state index contributed by atoms with van der Waals surface area (Å²) in [5.41, 5.74) is 1.91. The molecule has 1 unspecified atom stereocenters. The van der Waals surface area contributed by atoms with Crippen molar-refractivity contribution >= 4 is 27.4 Å². The number of carbonyl (C=O) groups excluding carboxylic acids is 1. The van der Waals surface area contributed by atoms with E-state index in [0.717, 1.165) is 41.0 Å². The van der Waals surface area contributed by atoms with Crippen LogP contribution >= 0.6 is 11.3 Å². The molecule has 2 aromatic heterocycles. The molecule has 0 radical (unpaired) electrons. The van der Waals surface area contributed by atoms with Gasteiger partial charge >= 0.3 is 6.03 Å². The Bertz CT molecular complexity index is 1650. The predicted octanol–water partition coefficient (Wildman–Crippen LogP) is 5.20. The molecule has 2 N–H and O–H groups in total. The number of hydrogen-bond acceptors (Lipinski definition) is 7. The predicted molar refractivity (Wildman–Crippen MR) is 156 cm³/mol. The molecule has 0 saturated carbocycles. The molecule has 5 rings (SSSR count). The normalized spacial score (nSPS) is 14.8. The number of pyridine rings is 1. The third-order valence-corrected chi connectivity index (χ3v) is 9.45. The van der Waals surface area contributed by atoms with Crippen LogP contribution < -0.4 is 10.0 Å². The number of aryl methyl sites for hydroxylation is 1. The first-order valence-corrected chi connectivity index (χ1v) is 15.7. The number of urea groups is 1. The van der Waals surface area contributed by atoms with Crippen LogP contribution in [0.25, 0.3) is 10.4 Å². The Morgan fingerprint density at radius 1 is 1.05 bits per heavy atom. The second-order valence-electron chi connectivity index (χ2n) is 9.97. The summed E-state index contributed by atoms with van der Waals surface area (Å²) in [6.45, 7) is 5.49. The maximum Gasteiger partial charge on any atom is 0.329 e. The molecule has 0 bridgehead atoms. The van der Waals surface area contributed by atoms with Gasteiger partial charge in [-0.1, -0.05) is 24.3 Å². The van der Waals surface area contributed by atoms with E-state index in [1.165, 1.54) is 18.2 Å². The average Bonchev–Trinajstić information content (AvgIpc) is 3.41. The molecule has 3 heterocycles. The third kappa shape index (κ3) is 7.37. The molecular weight excluding hydrogens is 582 g/mol. The summed E-state index contributed by atoms with van der Waals surface area (Å²) in [6, 6.07) is 15.1. The van der Waals surface area contributed by atoms with Gasteiger partial charge in [-0.2, -0.15) is 0 Å². The molecule has 1 saturated heterocycles. The Kier molecular flexibility index (Phi) is 9.27. The summed E-state index contributed by atoms with van der Waals surface area (Å²) in [5.74, 6) is -1.52. The zero-order valence-electron chi connectivity index (χ0n) is 22.8. The number of thiophene rings is 1. The quantitative estimate of drug-likeness (QED) is 0.270. The highest BCUT2D eigenvalue weighted by atomic mass is 32.2. The van der Waals surface area contributed by atoms with Gasteiger partial charge in [-0.3, -0.25) is 9.88 Å². The first kappa shape index (κ1) is 29.8. The van der Waals surface area contributed by atoms with Gasteiger partial charge in [-0.05, 0) is 60.9 Å². The van der Waals surface area contributed by atoms with Gasteiger partial charge in [0.25, 0.3) is 10.0 Å². The van der Waals surface area contributed by atoms with Gasteiger partial charge in [0, 0.05) is 47.2 Å². The van der Waals surface area contributed by atoms with E-state index in [2.05, 4.69) is 19.9 Å². The van der Waals surface area contributed by atoms with Gasteiger partial charge in [-0.25, -0.2) is 26.7 Å². The highest BCUT2D eigenvalue weighted by molar-refractivity contribution is 7.90. The fraction of sp³-hybridized carbons (Fsp3) is 0.267. The highest BCUT2D eigenvalue weighted by Gasteiger charge is 2.26. The van der Waals surface area contributed by atoms with Crippen molar-refractivity contribution in [2.75, 3.05) is 26.3 Å². The number of hydrogen-bond donors (Lipinski definition) is 2. The van der Waals surface area contributed by atoms with E-state index < -0.39 is 33.7 Å². The number of morpholine rings is 1. The van der Waals surface area contributed by atoms with Crippen LogP contribution in [0.4, 0.5) is 13.6 Å². The van der Waals surface area contributed by atoms with Crippen molar-refractivity contribution in [1.29, 1.82) is 0 Å². The lowest BCUT2D eigenvalue weighted by molar-refractivity contribution is 0.0346. The smallest absolute Gasteiger partial charge is 0.329 e. The number of halogens is 2. The molecule has 2 amide bonds. The molecule has 12 heteroatoms. The van der Waals surface area contributed by atoms with Gasteiger partial charge in [0.2, 0.25) is 0 Å². The molecule has 2 aromatic carbocycles. The minimum atomic E-state index is -4.19. The van der Waals surface area contributed by atoms with Crippen molar-refractivity contribution < 1.29 is 26.7 Å². The van der Waals surface area contributed by atoms with Gasteiger partial charge in [0.1, 0.15) is 11.6 Å². The van der Waals surface area contributed by atoms with Gasteiger partial charge in [0.15, 0.2) is 0 Å². The molecule has 1 aliphatic rings. The Hall–Kier alpha value is -3.71. The average molecular weight is 613 g/mol. The van der Waals surface area contributed by atoms with Crippen molar-refractivity contribution in [3.63, 3.8) is 0 Å².